The van der Waals surface area contributed by atoms with E-state index in [-0.39, 0.29) is 36.8 Å². The van der Waals surface area contributed by atoms with Crippen molar-refractivity contribution in [2.45, 2.75) is 38.2 Å². The molecule has 1 aromatic carbocycles. The Kier molecular flexibility index (Phi) is 11.8. The summed E-state index contributed by atoms with van der Waals surface area (Å²) in [6.07, 6.45) is 3.72. The maximum absolute atomic E-state index is 11.8. The third kappa shape index (κ3) is 8.20. The molecule has 1 amide bonds. The highest BCUT2D eigenvalue weighted by atomic mass is 35.5. The predicted molar refractivity (Wildman–Crippen MR) is 103 cm³/mol. The van der Waals surface area contributed by atoms with E-state index in [1.165, 1.54) is 0 Å². The molecule has 24 heavy (non-hydrogen) atoms. The number of hydrogen-bond acceptors (Lipinski definition) is 4. The van der Waals surface area contributed by atoms with Gasteiger partial charge in [0.05, 0.1) is 6.10 Å². The highest BCUT2D eigenvalue weighted by Crippen LogP contribution is 2.12. The van der Waals surface area contributed by atoms with E-state index >= 15 is 0 Å². The molecule has 0 aromatic heterocycles. The van der Waals surface area contributed by atoms with Crippen molar-refractivity contribution in [3.63, 3.8) is 0 Å². The van der Waals surface area contributed by atoms with Crippen LogP contribution in [-0.2, 0) is 11.2 Å². The number of halogens is 2. The van der Waals surface area contributed by atoms with Gasteiger partial charge < -0.3 is 21.1 Å². The molecule has 1 heterocycles. The molecule has 4 N–H and O–H groups in total. The van der Waals surface area contributed by atoms with Crippen molar-refractivity contribution in [2.75, 3.05) is 31.9 Å². The van der Waals surface area contributed by atoms with Gasteiger partial charge in [-0.2, -0.15) is 0 Å². The largest absolute Gasteiger partial charge is 0.399 e. The molecule has 0 saturated carbocycles. The number of carbonyl (C=O) groups is 1. The molecule has 2 rings (SSSR count). The van der Waals surface area contributed by atoms with Gasteiger partial charge in [-0.15, -0.1) is 24.8 Å². The zero-order chi connectivity index (χ0) is 15.8. The van der Waals surface area contributed by atoms with Gasteiger partial charge in [0, 0.05) is 31.7 Å². The number of aliphatic hydroxyl groups excluding tert-OH is 1. The summed E-state index contributed by atoms with van der Waals surface area (Å²) in [7, 11) is 0. The van der Waals surface area contributed by atoms with Crippen molar-refractivity contribution >= 4 is 36.4 Å². The van der Waals surface area contributed by atoms with Crippen LogP contribution in [0.25, 0.3) is 0 Å². The quantitative estimate of drug-likeness (QED) is 0.501. The molecule has 5 nitrogen and oxygen atoms in total. The lowest BCUT2D eigenvalue weighted by Gasteiger charge is -2.29. The number of piperidine rings is 1. The van der Waals surface area contributed by atoms with Gasteiger partial charge in [0.25, 0.3) is 0 Å². The molecule has 1 fully saturated rings. The number of aliphatic hydroxyl groups is 1. The summed E-state index contributed by atoms with van der Waals surface area (Å²) in [5.41, 5.74) is 7.65. The normalized spacial score (nSPS) is 15.2. The fraction of sp³-hybridized carbons (Fsp3) is 0.588. The van der Waals surface area contributed by atoms with Crippen LogP contribution in [0.3, 0.4) is 0 Å². The molecule has 1 saturated heterocycles. The van der Waals surface area contributed by atoms with Crippen LogP contribution in [0, 0.1) is 0 Å². The van der Waals surface area contributed by atoms with Crippen LogP contribution in [0.5, 0.6) is 0 Å². The Hall–Kier alpha value is -1.01. The number of aryl methyl sites for hydroxylation is 1. The molecule has 0 unspecified atom stereocenters. The van der Waals surface area contributed by atoms with E-state index in [9.17, 15) is 9.90 Å². The van der Waals surface area contributed by atoms with Gasteiger partial charge in [0.1, 0.15) is 0 Å². The molecule has 1 aliphatic rings. The Morgan fingerprint density at radius 1 is 1.25 bits per heavy atom. The maximum Gasteiger partial charge on any atom is 0.220 e. The second kappa shape index (κ2) is 12.4. The average molecular weight is 378 g/mol. The minimum atomic E-state index is -0.124. The van der Waals surface area contributed by atoms with Crippen molar-refractivity contribution in [3.8, 4) is 0 Å². The van der Waals surface area contributed by atoms with E-state index in [1.807, 2.05) is 24.3 Å². The van der Waals surface area contributed by atoms with Crippen molar-refractivity contribution < 1.29 is 9.90 Å². The van der Waals surface area contributed by atoms with E-state index in [2.05, 4.69) is 10.2 Å². The number of amides is 1. The average Bonchev–Trinajstić information content (AvgIpc) is 2.52. The Labute approximate surface area is 156 Å². The van der Waals surface area contributed by atoms with Gasteiger partial charge in [-0.3, -0.25) is 4.79 Å². The van der Waals surface area contributed by atoms with Crippen LogP contribution in [0.15, 0.2) is 24.3 Å². The minimum absolute atomic E-state index is 0. The number of anilines is 1. The Bertz CT molecular complexity index is 481. The number of hydrogen-bond donors (Lipinski definition) is 3. The SMILES string of the molecule is Cl.Cl.Nc1ccccc1CCC(=O)NCCCN1CCC(O)CC1. The molecular weight excluding hydrogens is 349 g/mol. The third-order valence-electron chi connectivity index (χ3n) is 4.21. The van der Waals surface area contributed by atoms with Crippen LogP contribution in [0.1, 0.15) is 31.2 Å². The smallest absolute Gasteiger partial charge is 0.220 e. The fourth-order valence-corrected chi connectivity index (χ4v) is 2.77. The van der Waals surface area contributed by atoms with E-state index in [0.29, 0.717) is 19.4 Å². The lowest BCUT2D eigenvalue weighted by Crippen LogP contribution is -2.37. The summed E-state index contributed by atoms with van der Waals surface area (Å²) in [5.74, 6) is 0.0809. The summed E-state index contributed by atoms with van der Waals surface area (Å²) in [6, 6.07) is 7.67. The number of para-hydroxylation sites is 1. The summed E-state index contributed by atoms with van der Waals surface area (Å²) in [4.78, 5) is 14.2. The van der Waals surface area contributed by atoms with Crippen molar-refractivity contribution in [1.82, 2.24) is 10.2 Å². The molecule has 0 aliphatic carbocycles. The zero-order valence-electron chi connectivity index (χ0n) is 13.9. The number of benzene rings is 1. The summed E-state index contributed by atoms with van der Waals surface area (Å²) >= 11 is 0. The van der Waals surface area contributed by atoms with Crippen LogP contribution >= 0.6 is 24.8 Å². The van der Waals surface area contributed by atoms with E-state index in [0.717, 1.165) is 50.1 Å². The molecule has 0 spiro atoms. The standard InChI is InChI=1S/C17H27N3O2.2ClH/c18-16-5-2-1-4-14(16)6-7-17(22)19-10-3-11-20-12-8-15(21)9-13-20;;/h1-2,4-5,15,21H,3,6-13,18H2,(H,19,22);2*1H. The van der Waals surface area contributed by atoms with E-state index in [1.54, 1.807) is 0 Å². The van der Waals surface area contributed by atoms with Crippen LogP contribution in [0.2, 0.25) is 0 Å². The summed E-state index contributed by atoms with van der Waals surface area (Å²) in [6.45, 7) is 3.62. The monoisotopic (exact) mass is 377 g/mol. The van der Waals surface area contributed by atoms with E-state index < -0.39 is 0 Å². The molecule has 0 atom stereocenters. The highest BCUT2D eigenvalue weighted by Gasteiger charge is 2.16. The van der Waals surface area contributed by atoms with Gasteiger partial charge in [-0.1, -0.05) is 18.2 Å². The predicted octanol–water partition coefficient (Wildman–Crippen LogP) is 2.01. The second-order valence-corrected chi connectivity index (χ2v) is 5.98. The summed E-state index contributed by atoms with van der Waals surface area (Å²) < 4.78 is 0. The van der Waals surface area contributed by atoms with Gasteiger partial charge in [0.15, 0.2) is 0 Å². The van der Waals surface area contributed by atoms with Gasteiger partial charge in [0.2, 0.25) is 5.91 Å². The summed E-state index contributed by atoms with van der Waals surface area (Å²) in [5, 5.41) is 12.4. The maximum atomic E-state index is 11.8. The van der Waals surface area contributed by atoms with Gasteiger partial charge >= 0.3 is 0 Å². The Balaban J connectivity index is 0.00000264. The number of nitrogen functional groups attached to an aromatic ring is 1. The molecule has 7 heteroatoms. The van der Waals surface area contributed by atoms with Crippen LogP contribution in [-0.4, -0.2) is 48.2 Å². The number of nitrogens with one attached hydrogen (secondary N) is 1. The highest BCUT2D eigenvalue weighted by molar-refractivity contribution is 5.85. The first-order valence-electron chi connectivity index (χ1n) is 8.15. The number of carbonyl (C=O) groups excluding carboxylic acids is 1. The first kappa shape index (κ1) is 23.0. The molecule has 1 aromatic rings. The Morgan fingerprint density at radius 3 is 2.58 bits per heavy atom. The second-order valence-electron chi connectivity index (χ2n) is 5.98. The molecular formula is C17H29Cl2N3O2. The molecule has 0 radical (unpaired) electrons. The fourth-order valence-electron chi connectivity index (χ4n) is 2.77. The lowest BCUT2D eigenvalue weighted by molar-refractivity contribution is -0.121. The van der Waals surface area contributed by atoms with Gasteiger partial charge in [-0.05, 0) is 43.9 Å². The van der Waals surface area contributed by atoms with E-state index in [4.69, 9.17) is 5.73 Å². The first-order valence-corrected chi connectivity index (χ1v) is 8.15. The van der Waals surface area contributed by atoms with Crippen molar-refractivity contribution in [3.05, 3.63) is 29.8 Å². The number of nitrogens with zero attached hydrogens (tertiary/aromatic N) is 1. The zero-order valence-corrected chi connectivity index (χ0v) is 15.6. The van der Waals surface area contributed by atoms with Crippen molar-refractivity contribution in [2.24, 2.45) is 0 Å². The molecule has 138 valence electrons. The number of nitrogens with two attached hydrogens (primary N) is 1. The molecule has 0 bridgehead atoms. The topological polar surface area (TPSA) is 78.6 Å². The minimum Gasteiger partial charge on any atom is -0.399 e. The Morgan fingerprint density at radius 2 is 1.92 bits per heavy atom. The number of likely N-dealkylation sites (tertiary alicyclic amines) is 1. The first-order chi connectivity index (χ1) is 10.6. The van der Waals surface area contributed by atoms with Crippen molar-refractivity contribution in [1.29, 1.82) is 0 Å². The lowest BCUT2D eigenvalue weighted by atomic mass is 10.1. The van der Waals surface area contributed by atoms with Crippen LogP contribution in [0.4, 0.5) is 5.69 Å². The molecule has 1 aliphatic heterocycles. The van der Waals surface area contributed by atoms with Crippen LogP contribution < -0.4 is 11.1 Å². The third-order valence-corrected chi connectivity index (χ3v) is 4.21. The van der Waals surface area contributed by atoms with Gasteiger partial charge in [-0.25, -0.2) is 0 Å². The number of rotatable bonds is 7.